The number of aromatic nitrogens is 4. The molecule has 2 aromatic heterocycles. The molecule has 2 aromatic carbocycles. The van der Waals surface area contributed by atoms with Gasteiger partial charge in [0.15, 0.2) is 11.0 Å². The van der Waals surface area contributed by atoms with Crippen LogP contribution in [0.1, 0.15) is 16.7 Å². The van der Waals surface area contributed by atoms with E-state index >= 15 is 0 Å². The second-order valence-corrected chi connectivity index (χ2v) is 8.60. The zero-order chi connectivity index (χ0) is 23.2. The van der Waals surface area contributed by atoms with Crippen molar-refractivity contribution in [1.29, 1.82) is 0 Å². The number of hydrogen-bond acceptors (Lipinski definition) is 5. The van der Waals surface area contributed by atoms with Crippen LogP contribution in [-0.2, 0) is 11.2 Å². The zero-order valence-corrected chi connectivity index (χ0v) is 19.3. The minimum atomic E-state index is -0.266. The molecule has 0 radical (unpaired) electrons. The number of rotatable bonds is 8. The maximum atomic E-state index is 13.0. The second kappa shape index (κ2) is 10.4. The number of amides is 1. The topological polar surface area (TPSA) is 72.7 Å². The van der Waals surface area contributed by atoms with Gasteiger partial charge in [-0.25, -0.2) is 4.39 Å². The fourth-order valence-electron chi connectivity index (χ4n) is 3.33. The van der Waals surface area contributed by atoms with Gasteiger partial charge in [0, 0.05) is 24.5 Å². The number of aryl methyl sites for hydroxylation is 2. The van der Waals surface area contributed by atoms with E-state index in [0.29, 0.717) is 23.9 Å². The van der Waals surface area contributed by atoms with Gasteiger partial charge in [0.2, 0.25) is 5.91 Å². The van der Waals surface area contributed by atoms with Crippen molar-refractivity contribution in [2.24, 2.45) is 0 Å². The summed E-state index contributed by atoms with van der Waals surface area (Å²) >= 11 is 1.34. The van der Waals surface area contributed by atoms with Crippen molar-refractivity contribution in [2.45, 2.75) is 25.4 Å². The van der Waals surface area contributed by atoms with Crippen molar-refractivity contribution in [1.82, 2.24) is 25.1 Å². The third kappa shape index (κ3) is 5.64. The van der Waals surface area contributed by atoms with E-state index in [9.17, 15) is 9.18 Å². The van der Waals surface area contributed by atoms with Crippen molar-refractivity contribution in [3.63, 3.8) is 0 Å². The molecule has 0 aliphatic carbocycles. The first-order valence-electron chi connectivity index (χ1n) is 10.6. The molecule has 0 aliphatic rings. The number of carbonyl (C=O) groups is 1. The predicted molar refractivity (Wildman–Crippen MR) is 128 cm³/mol. The minimum absolute atomic E-state index is 0.0952. The SMILES string of the molecule is Cc1ccc(-n2c(SCC(=O)NCCc3ccc(F)cc3)nnc2-c2ccncc2)cc1C. The summed E-state index contributed by atoms with van der Waals surface area (Å²) in [6.07, 6.45) is 4.08. The van der Waals surface area contributed by atoms with Crippen molar-refractivity contribution < 1.29 is 9.18 Å². The second-order valence-electron chi connectivity index (χ2n) is 7.66. The van der Waals surface area contributed by atoms with E-state index in [1.54, 1.807) is 24.5 Å². The Bertz CT molecular complexity index is 1240. The molecule has 4 rings (SSSR count). The van der Waals surface area contributed by atoms with E-state index in [1.807, 2.05) is 22.8 Å². The van der Waals surface area contributed by atoms with Crippen LogP contribution in [0.3, 0.4) is 0 Å². The van der Waals surface area contributed by atoms with Crippen LogP contribution in [0.5, 0.6) is 0 Å². The molecule has 1 N–H and O–H groups in total. The maximum absolute atomic E-state index is 13.0. The molecule has 0 saturated heterocycles. The Kier molecular flexibility index (Phi) is 7.14. The Morgan fingerprint density at radius 2 is 1.76 bits per heavy atom. The van der Waals surface area contributed by atoms with Gasteiger partial charge in [0.05, 0.1) is 11.4 Å². The van der Waals surface area contributed by atoms with Crippen LogP contribution in [-0.4, -0.2) is 38.0 Å². The zero-order valence-electron chi connectivity index (χ0n) is 18.5. The van der Waals surface area contributed by atoms with Gasteiger partial charge in [-0.15, -0.1) is 10.2 Å². The molecule has 0 aliphatic heterocycles. The van der Waals surface area contributed by atoms with E-state index in [-0.39, 0.29) is 17.5 Å². The van der Waals surface area contributed by atoms with Crippen molar-refractivity contribution in [3.8, 4) is 17.1 Å². The standard InChI is InChI=1S/C25H24FN5OS/c1-17-3-8-22(15-18(17)2)31-24(20-10-12-27-13-11-20)29-30-25(31)33-16-23(32)28-14-9-19-4-6-21(26)7-5-19/h3-8,10-13,15H,9,14,16H2,1-2H3,(H,28,32). The fourth-order valence-corrected chi connectivity index (χ4v) is 4.11. The Balaban J connectivity index is 1.48. The molecule has 6 nitrogen and oxygen atoms in total. The number of carbonyl (C=O) groups excluding carboxylic acids is 1. The normalized spacial score (nSPS) is 10.9. The first-order chi connectivity index (χ1) is 16.0. The summed E-state index contributed by atoms with van der Waals surface area (Å²) in [4.78, 5) is 16.5. The lowest BCUT2D eigenvalue weighted by Crippen LogP contribution is -2.27. The molecule has 0 unspecified atom stereocenters. The summed E-state index contributed by atoms with van der Waals surface area (Å²) in [6.45, 7) is 4.62. The Morgan fingerprint density at radius 3 is 2.48 bits per heavy atom. The van der Waals surface area contributed by atoms with Crippen LogP contribution in [0.25, 0.3) is 17.1 Å². The van der Waals surface area contributed by atoms with Gasteiger partial charge in [-0.3, -0.25) is 14.3 Å². The first-order valence-corrected chi connectivity index (χ1v) is 11.6. The first kappa shape index (κ1) is 22.7. The Labute approximate surface area is 196 Å². The Hall–Kier alpha value is -3.52. The highest BCUT2D eigenvalue weighted by atomic mass is 32.2. The highest BCUT2D eigenvalue weighted by Crippen LogP contribution is 2.28. The number of halogens is 1. The number of thioether (sulfide) groups is 1. The largest absolute Gasteiger partial charge is 0.355 e. The van der Waals surface area contributed by atoms with E-state index in [0.717, 1.165) is 22.4 Å². The lowest BCUT2D eigenvalue weighted by atomic mass is 10.1. The summed E-state index contributed by atoms with van der Waals surface area (Å²) in [5.74, 6) is 0.545. The van der Waals surface area contributed by atoms with E-state index in [4.69, 9.17) is 0 Å². The highest BCUT2D eigenvalue weighted by Gasteiger charge is 2.17. The van der Waals surface area contributed by atoms with Gasteiger partial charge < -0.3 is 5.32 Å². The lowest BCUT2D eigenvalue weighted by Gasteiger charge is -2.12. The third-order valence-electron chi connectivity index (χ3n) is 5.30. The summed E-state index contributed by atoms with van der Waals surface area (Å²) in [7, 11) is 0. The average molecular weight is 462 g/mol. The molecule has 2 heterocycles. The van der Waals surface area contributed by atoms with Gasteiger partial charge in [-0.2, -0.15) is 0 Å². The monoisotopic (exact) mass is 461 g/mol. The van der Waals surface area contributed by atoms with Crippen LogP contribution in [0, 0.1) is 19.7 Å². The van der Waals surface area contributed by atoms with Crippen LogP contribution < -0.4 is 5.32 Å². The lowest BCUT2D eigenvalue weighted by molar-refractivity contribution is -0.118. The van der Waals surface area contributed by atoms with Gasteiger partial charge in [0.1, 0.15) is 5.82 Å². The van der Waals surface area contributed by atoms with Crippen molar-refractivity contribution >= 4 is 17.7 Å². The predicted octanol–water partition coefficient (Wildman–Crippen LogP) is 4.54. The quantitative estimate of drug-likeness (QED) is 0.390. The summed E-state index contributed by atoms with van der Waals surface area (Å²) in [5.41, 5.74) is 5.17. The molecule has 0 spiro atoms. The van der Waals surface area contributed by atoms with E-state index < -0.39 is 0 Å². The molecule has 0 atom stereocenters. The maximum Gasteiger partial charge on any atom is 0.230 e. The highest BCUT2D eigenvalue weighted by molar-refractivity contribution is 7.99. The molecule has 33 heavy (non-hydrogen) atoms. The molecule has 1 amide bonds. The minimum Gasteiger partial charge on any atom is -0.355 e. The van der Waals surface area contributed by atoms with E-state index in [1.165, 1.54) is 29.5 Å². The smallest absolute Gasteiger partial charge is 0.230 e. The average Bonchev–Trinajstić information content (AvgIpc) is 3.25. The summed E-state index contributed by atoms with van der Waals surface area (Å²) in [6, 6.07) is 16.3. The molecule has 4 aromatic rings. The van der Waals surface area contributed by atoms with Gasteiger partial charge in [0.25, 0.3) is 0 Å². The van der Waals surface area contributed by atoms with Crippen LogP contribution in [0.2, 0.25) is 0 Å². The van der Waals surface area contributed by atoms with Gasteiger partial charge in [-0.1, -0.05) is 30.0 Å². The van der Waals surface area contributed by atoms with Gasteiger partial charge >= 0.3 is 0 Å². The number of nitrogens with zero attached hydrogens (tertiary/aromatic N) is 4. The number of benzene rings is 2. The summed E-state index contributed by atoms with van der Waals surface area (Å²) < 4.78 is 15.0. The van der Waals surface area contributed by atoms with Crippen molar-refractivity contribution in [2.75, 3.05) is 12.3 Å². The number of nitrogens with one attached hydrogen (secondary N) is 1. The Morgan fingerprint density at radius 1 is 1.00 bits per heavy atom. The molecular weight excluding hydrogens is 437 g/mol. The molecule has 168 valence electrons. The molecular formula is C25H24FN5OS. The third-order valence-corrected chi connectivity index (χ3v) is 6.23. The van der Waals surface area contributed by atoms with Crippen molar-refractivity contribution in [3.05, 3.63) is 89.5 Å². The van der Waals surface area contributed by atoms with Gasteiger partial charge in [-0.05, 0) is 73.4 Å². The number of pyridine rings is 1. The molecule has 0 bridgehead atoms. The fraction of sp³-hybridized carbons (Fsp3) is 0.200. The van der Waals surface area contributed by atoms with Crippen LogP contribution in [0.4, 0.5) is 4.39 Å². The van der Waals surface area contributed by atoms with Crippen LogP contribution in [0.15, 0.2) is 72.1 Å². The number of hydrogen-bond donors (Lipinski definition) is 1. The van der Waals surface area contributed by atoms with E-state index in [2.05, 4.69) is 46.5 Å². The van der Waals surface area contributed by atoms with Crippen LogP contribution >= 0.6 is 11.8 Å². The summed E-state index contributed by atoms with van der Waals surface area (Å²) in [5, 5.41) is 12.3. The molecule has 8 heteroatoms. The molecule has 0 saturated carbocycles. The molecule has 0 fully saturated rings.